The van der Waals surface area contributed by atoms with Gasteiger partial charge < -0.3 is 19.5 Å². The van der Waals surface area contributed by atoms with Crippen molar-refractivity contribution in [2.75, 3.05) is 20.3 Å². The molecule has 0 saturated heterocycles. The largest absolute Gasteiger partial charge is 0.497 e. The van der Waals surface area contributed by atoms with E-state index in [9.17, 15) is 9.59 Å². The number of carbonyl (C=O) groups excluding carboxylic acids is 2. The molecule has 0 fully saturated rings. The van der Waals surface area contributed by atoms with Gasteiger partial charge in [-0.15, -0.1) is 0 Å². The molecule has 0 spiro atoms. The highest BCUT2D eigenvalue weighted by Crippen LogP contribution is 2.16. The van der Waals surface area contributed by atoms with Crippen molar-refractivity contribution in [3.05, 3.63) is 24.3 Å². The summed E-state index contributed by atoms with van der Waals surface area (Å²) >= 11 is 0. The molecule has 0 radical (unpaired) electrons. The Kier molecular flexibility index (Phi) is 7.08. The first-order valence-corrected chi connectivity index (χ1v) is 6.79. The van der Waals surface area contributed by atoms with Crippen molar-refractivity contribution in [1.29, 1.82) is 0 Å². The second kappa shape index (κ2) is 8.84. The maximum absolute atomic E-state index is 11.6. The molecule has 1 aromatic rings. The lowest BCUT2D eigenvalue weighted by atomic mass is 10.3. The molecule has 116 valence electrons. The van der Waals surface area contributed by atoms with Gasteiger partial charge in [0.15, 0.2) is 0 Å². The highest BCUT2D eigenvalue weighted by molar-refractivity contribution is 5.84. The molecule has 1 unspecified atom stereocenters. The van der Waals surface area contributed by atoms with Gasteiger partial charge in [0.1, 0.15) is 17.5 Å². The highest BCUT2D eigenvalue weighted by Gasteiger charge is 2.16. The Morgan fingerprint density at radius 1 is 1.19 bits per heavy atom. The lowest BCUT2D eigenvalue weighted by Gasteiger charge is -2.12. The molecule has 6 heteroatoms. The first kappa shape index (κ1) is 16.8. The van der Waals surface area contributed by atoms with E-state index < -0.39 is 12.0 Å². The second-order valence-corrected chi connectivity index (χ2v) is 4.32. The van der Waals surface area contributed by atoms with Crippen molar-refractivity contribution >= 4 is 11.9 Å². The predicted molar refractivity (Wildman–Crippen MR) is 77.3 cm³/mol. The first-order valence-electron chi connectivity index (χ1n) is 6.79. The minimum absolute atomic E-state index is 0.162. The zero-order valence-corrected chi connectivity index (χ0v) is 12.5. The fraction of sp³-hybridized carbons (Fsp3) is 0.467. The van der Waals surface area contributed by atoms with Crippen LogP contribution in [0.25, 0.3) is 0 Å². The molecule has 0 aliphatic carbocycles. The van der Waals surface area contributed by atoms with Gasteiger partial charge in [-0.25, -0.2) is 4.79 Å². The van der Waals surface area contributed by atoms with E-state index >= 15 is 0 Å². The molecule has 1 rings (SSSR count). The third-order valence-electron chi connectivity index (χ3n) is 2.67. The zero-order valence-electron chi connectivity index (χ0n) is 12.5. The van der Waals surface area contributed by atoms with Gasteiger partial charge in [-0.05, 0) is 38.1 Å². The van der Waals surface area contributed by atoms with Crippen LogP contribution in [-0.2, 0) is 14.3 Å². The number of methoxy groups -OCH3 is 1. The smallest absolute Gasteiger partial charge is 0.328 e. The zero-order chi connectivity index (χ0) is 15.7. The Balaban J connectivity index is 2.28. The van der Waals surface area contributed by atoms with Gasteiger partial charge in [-0.3, -0.25) is 4.79 Å². The Morgan fingerprint density at radius 2 is 1.81 bits per heavy atom. The summed E-state index contributed by atoms with van der Waals surface area (Å²) in [6, 6.07) is 6.42. The number of hydrogen-bond acceptors (Lipinski definition) is 5. The van der Waals surface area contributed by atoms with Gasteiger partial charge in [-0.1, -0.05) is 0 Å². The summed E-state index contributed by atoms with van der Waals surface area (Å²) in [6.07, 6.45) is 0.162. The molecule has 1 N–H and O–H groups in total. The van der Waals surface area contributed by atoms with Crippen LogP contribution in [0.4, 0.5) is 0 Å². The SMILES string of the molecule is CCOC(=O)C(C)NC(=O)CCOc1ccc(OC)cc1. The summed E-state index contributed by atoms with van der Waals surface area (Å²) in [6.45, 7) is 3.82. The minimum Gasteiger partial charge on any atom is -0.497 e. The van der Waals surface area contributed by atoms with Crippen LogP contribution in [0.5, 0.6) is 11.5 Å². The average Bonchev–Trinajstić information content (AvgIpc) is 2.48. The summed E-state index contributed by atoms with van der Waals surface area (Å²) in [4.78, 5) is 23.0. The molecular weight excluding hydrogens is 274 g/mol. The van der Waals surface area contributed by atoms with E-state index in [0.717, 1.165) is 5.75 Å². The number of esters is 1. The summed E-state index contributed by atoms with van der Waals surface area (Å²) in [5.74, 6) is 0.691. The summed E-state index contributed by atoms with van der Waals surface area (Å²) < 4.78 is 15.3. The van der Waals surface area contributed by atoms with Crippen molar-refractivity contribution in [3.8, 4) is 11.5 Å². The van der Waals surface area contributed by atoms with Crippen LogP contribution in [0.3, 0.4) is 0 Å². The molecule has 0 saturated carbocycles. The van der Waals surface area contributed by atoms with Crippen LogP contribution in [0.15, 0.2) is 24.3 Å². The van der Waals surface area contributed by atoms with Gasteiger partial charge in [0, 0.05) is 0 Å². The first-order chi connectivity index (χ1) is 10.1. The van der Waals surface area contributed by atoms with Crippen LogP contribution in [0, 0.1) is 0 Å². The summed E-state index contributed by atoms with van der Waals surface area (Å²) in [5, 5.41) is 2.56. The summed E-state index contributed by atoms with van der Waals surface area (Å²) in [5.41, 5.74) is 0. The quantitative estimate of drug-likeness (QED) is 0.736. The Bertz CT molecular complexity index is 458. The van der Waals surface area contributed by atoms with E-state index in [1.54, 1.807) is 45.2 Å². The Labute approximate surface area is 124 Å². The fourth-order valence-electron chi connectivity index (χ4n) is 1.57. The predicted octanol–water partition coefficient (Wildman–Crippen LogP) is 1.53. The molecule has 1 aromatic carbocycles. The average molecular weight is 295 g/mol. The van der Waals surface area contributed by atoms with Crippen LogP contribution < -0.4 is 14.8 Å². The number of amides is 1. The number of benzene rings is 1. The van der Waals surface area contributed by atoms with Crippen LogP contribution in [0.2, 0.25) is 0 Å². The van der Waals surface area contributed by atoms with Gasteiger partial charge in [0.25, 0.3) is 0 Å². The van der Waals surface area contributed by atoms with E-state index in [-0.39, 0.29) is 18.9 Å². The van der Waals surface area contributed by atoms with Crippen molar-refractivity contribution in [1.82, 2.24) is 5.32 Å². The van der Waals surface area contributed by atoms with E-state index in [1.165, 1.54) is 0 Å². The minimum atomic E-state index is -0.654. The van der Waals surface area contributed by atoms with Crippen molar-refractivity contribution in [2.45, 2.75) is 26.3 Å². The normalized spacial score (nSPS) is 11.4. The molecule has 0 heterocycles. The number of ether oxygens (including phenoxy) is 3. The molecule has 6 nitrogen and oxygen atoms in total. The number of carbonyl (C=O) groups is 2. The van der Waals surface area contributed by atoms with E-state index in [4.69, 9.17) is 14.2 Å². The Morgan fingerprint density at radius 3 is 2.38 bits per heavy atom. The van der Waals surface area contributed by atoms with Gasteiger partial charge in [0.05, 0.1) is 26.7 Å². The van der Waals surface area contributed by atoms with Crippen molar-refractivity contribution in [2.24, 2.45) is 0 Å². The van der Waals surface area contributed by atoms with Crippen LogP contribution >= 0.6 is 0 Å². The molecule has 1 amide bonds. The molecule has 1 atom stereocenters. The lowest BCUT2D eigenvalue weighted by Crippen LogP contribution is -2.40. The van der Waals surface area contributed by atoms with E-state index in [2.05, 4.69) is 5.32 Å². The topological polar surface area (TPSA) is 73.9 Å². The van der Waals surface area contributed by atoms with Crippen molar-refractivity contribution in [3.63, 3.8) is 0 Å². The summed E-state index contributed by atoms with van der Waals surface area (Å²) in [7, 11) is 1.59. The maximum Gasteiger partial charge on any atom is 0.328 e. The fourth-order valence-corrected chi connectivity index (χ4v) is 1.57. The monoisotopic (exact) mass is 295 g/mol. The molecule has 0 aliphatic heterocycles. The van der Waals surface area contributed by atoms with Crippen LogP contribution in [0.1, 0.15) is 20.3 Å². The Hall–Kier alpha value is -2.24. The third-order valence-corrected chi connectivity index (χ3v) is 2.67. The third kappa shape index (κ3) is 6.16. The number of rotatable bonds is 8. The molecule has 0 aromatic heterocycles. The standard InChI is InChI=1S/C15H21NO5/c1-4-20-15(18)11(2)16-14(17)9-10-21-13-7-5-12(19-3)6-8-13/h5-8,11H,4,9-10H2,1-3H3,(H,16,17). The van der Waals surface area contributed by atoms with Gasteiger partial charge >= 0.3 is 5.97 Å². The van der Waals surface area contributed by atoms with Gasteiger partial charge in [-0.2, -0.15) is 0 Å². The highest BCUT2D eigenvalue weighted by atomic mass is 16.5. The molecule has 21 heavy (non-hydrogen) atoms. The van der Waals surface area contributed by atoms with Crippen LogP contribution in [-0.4, -0.2) is 38.2 Å². The number of hydrogen-bond donors (Lipinski definition) is 1. The molecule has 0 bridgehead atoms. The number of nitrogens with one attached hydrogen (secondary N) is 1. The van der Waals surface area contributed by atoms with E-state index in [0.29, 0.717) is 12.4 Å². The molecule has 0 aliphatic rings. The lowest BCUT2D eigenvalue weighted by molar-refractivity contribution is -0.146. The maximum atomic E-state index is 11.6. The van der Waals surface area contributed by atoms with Gasteiger partial charge in [0.2, 0.25) is 5.91 Å². The molecular formula is C15H21NO5. The van der Waals surface area contributed by atoms with E-state index in [1.807, 2.05) is 0 Å². The van der Waals surface area contributed by atoms with Crippen molar-refractivity contribution < 1.29 is 23.8 Å². The second-order valence-electron chi connectivity index (χ2n) is 4.32.